The molecule has 0 unspecified atom stereocenters. The van der Waals surface area contributed by atoms with Crippen LogP contribution in [0, 0.1) is 0 Å². The van der Waals surface area contributed by atoms with Crippen molar-refractivity contribution < 1.29 is 23.7 Å². The first kappa shape index (κ1) is 23.0. The first-order valence-corrected chi connectivity index (χ1v) is 9.42. The zero-order chi connectivity index (χ0) is 22.1. The summed E-state index contributed by atoms with van der Waals surface area (Å²) in [6.45, 7) is 1.11. The van der Waals surface area contributed by atoms with Crippen molar-refractivity contribution in [3.63, 3.8) is 0 Å². The Hall–Kier alpha value is -3.29. The smallest absolute Gasteiger partial charge is 0.193 e. The molecule has 0 aliphatic carbocycles. The van der Waals surface area contributed by atoms with E-state index in [4.69, 9.17) is 23.7 Å². The molecule has 0 amide bonds. The Balaban J connectivity index is 2.14. The highest BCUT2D eigenvalue weighted by Crippen LogP contribution is 2.34. The predicted molar refractivity (Wildman–Crippen MR) is 117 cm³/mol. The molecule has 0 bridgehead atoms. The summed E-state index contributed by atoms with van der Waals surface area (Å²) in [5, 5.41) is 3.36. The molecule has 164 valence electrons. The third kappa shape index (κ3) is 5.40. The number of ether oxygens (including phenoxy) is 5. The monoisotopic (exact) mass is 417 g/mol. The number of nitrogens with one attached hydrogen (secondary N) is 1. The van der Waals surface area contributed by atoms with Gasteiger partial charge in [0.05, 0.1) is 35.5 Å². The molecule has 0 aromatic heterocycles. The molecule has 8 heteroatoms. The number of guanidine groups is 1. The molecule has 2 aromatic rings. The standard InChI is InChI=1S/C22H31N3O5/c1-23-22(25(2)14-15-8-9-17(26-3)11-18(15)27-4)24-13-16-10-20(29-6)21(30-7)12-19(16)28-5/h8-12H,13-14H2,1-7H3,(H,23,24). The van der Waals surface area contributed by atoms with Gasteiger partial charge < -0.3 is 33.9 Å². The van der Waals surface area contributed by atoms with Gasteiger partial charge in [0.2, 0.25) is 0 Å². The van der Waals surface area contributed by atoms with E-state index in [1.165, 1.54) is 0 Å². The van der Waals surface area contributed by atoms with Crippen LogP contribution >= 0.6 is 0 Å². The van der Waals surface area contributed by atoms with Crippen LogP contribution in [-0.2, 0) is 13.1 Å². The molecule has 0 aliphatic rings. The maximum absolute atomic E-state index is 5.50. The highest BCUT2D eigenvalue weighted by molar-refractivity contribution is 5.79. The molecule has 0 spiro atoms. The fourth-order valence-corrected chi connectivity index (χ4v) is 3.10. The van der Waals surface area contributed by atoms with E-state index < -0.39 is 0 Å². The maximum Gasteiger partial charge on any atom is 0.193 e. The molecule has 0 radical (unpaired) electrons. The molecule has 0 saturated carbocycles. The highest BCUT2D eigenvalue weighted by Gasteiger charge is 2.15. The van der Waals surface area contributed by atoms with Crippen molar-refractivity contribution in [3.8, 4) is 28.7 Å². The first-order chi connectivity index (χ1) is 14.5. The molecule has 0 fully saturated rings. The second kappa shape index (κ2) is 11.0. The Kier molecular flexibility index (Phi) is 8.46. The summed E-state index contributed by atoms with van der Waals surface area (Å²) >= 11 is 0. The average Bonchev–Trinajstić information content (AvgIpc) is 2.78. The Morgan fingerprint density at radius 1 is 0.800 bits per heavy atom. The van der Waals surface area contributed by atoms with Gasteiger partial charge in [0.1, 0.15) is 17.2 Å². The summed E-state index contributed by atoms with van der Waals surface area (Å²) in [6, 6.07) is 9.47. The molecule has 0 saturated heterocycles. The minimum absolute atomic E-state index is 0.500. The van der Waals surface area contributed by atoms with Gasteiger partial charge >= 0.3 is 0 Å². The topological polar surface area (TPSA) is 73.8 Å². The van der Waals surface area contributed by atoms with Gasteiger partial charge in [-0.2, -0.15) is 0 Å². The van der Waals surface area contributed by atoms with Crippen molar-refractivity contribution in [2.75, 3.05) is 49.6 Å². The number of methoxy groups -OCH3 is 5. The lowest BCUT2D eigenvalue weighted by Gasteiger charge is -2.24. The van der Waals surface area contributed by atoms with Gasteiger partial charge in [0, 0.05) is 50.4 Å². The summed E-state index contributed by atoms with van der Waals surface area (Å²) in [5.74, 6) is 4.20. The van der Waals surface area contributed by atoms with Crippen molar-refractivity contribution in [2.45, 2.75) is 13.1 Å². The predicted octanol–water partition coefficient (Wildman–Crippen LogP) is 2.94. The molecule has 0 aliphatic heterocycles. The quantitative estimate of drug-likeness (QED) is 0.497. The summed E-state index contributed by atoms with van der Waals surface area (Å²) in [6.07, 6.45) is 0. The van der Waals surface area contributed by atoms with Gasteiger partial charge in [0.15, 0.2) is 17.5 Å². The van der Waals surface area contributed by atoms with Crippen LogP contribution in [0.4, 0.5) is 0 Å². The van der Waals surface area contributed by atoms with Crippen LogP contribution in [0.25, 0.3) is 0 Å². The summed E-state index contributed by atoms with van der Waals surface area (Å²) in [7, 11) is 11.8. The summed E-state index contributed by atoms with van der Waals surface area (Å²) < 4.78 is 27.0. The number of benzene rings is 2. The van der Waals surface area contributed by atoms with Crippen LogP contribution in [0.1, 0.15) is 11.1 Å². The van der Waals surface area contributed by atoms with Crippen LogP contribution in [0.15, 0.2) is 35.3 Å². The Bertz CT molecular complexity index is 870. The van der Waals surface area contributed by atoms with Gasteiger partial charge in [-0.3, -0.25) is 4.99 Å². The lowest BCUT2D eigenvalue weighted by atomic mass is 10.1. The van der Waals surface area contributed by atoms with Crippen LogP contribution < -0.4 is 29.0 Å². The number of nitrogens with zero attached hydrogens (tertiary/aromatic N) is 2. The van der Waals surface area contributed by atoms with E-state index in [1.54, 1.807) is 42.6 Å². The third-order valence-electron chi connectivity index (χ3n) is 4.70. The van der Waals surface area contributed by atoms with Gasteiger partial charge in [-0.1, -0.05) is 0 Å². The van der Waals surface area contributed by atoms with Crippen molar-refractivity contribution in [1.82, 2.24) is 10.2 Å². The number of aliphatic imine (C=N–C) groups is 1. The fourth-order valence-electron chi connectivity index (χ4n) is 3.10. The molecule has 1 N–H and O–H groups in total. The van der Waals surface area contributed by atoms with E-state index in [-0.39, 0.29) is 0 Å². The molecule has 0 heterocycles. The van der Waals surface area contributed by atoms with Crippen molar-refractivity contribution in [2.24, 2.45) is 4.99 Å². The van der Waals surface area contributed by atoms with Gasteiger partial charge in [-0.05, 0) is 18.2 Å². The lowest BCUT2D eigenvalue weighted by Crippen LogP contribution is -2.38. The van der Waals surface area contributed by atoms with E-state index in [9.17, 15) is 0 Å². The number of hydrogen-bond donors (Lipinski definition) is 1. The summed E-state index contributed by atoms with van der Waals surface area (Å²) in [5.41, 5.74) is 1.94. The molecule has 0 atom stereocenters. The molecule has 2 rings (SSSR count). The molecular formula is C22H31N3O5. The van der Waals surface area contributed by atoms with Crippen LogP contribution in [0.3, 0.4) is 0 Å². The fraction of sp³-hybridized carbons (Fsp3) is 0.409. The van der Waals surface area contributed by atoms with E-state index in [1.807, 2.05) is 42.3 Å². The Labute approximate surface area is 178 Å². The van der Waals surface area contributed by atoms with E-state index in [0.29, 0.717) is 30.3 Å². The number of rotatable bonds is 9. The van der Waals surface area contributed by atoms with Gasteiger partial charge in [-0.25, -0.2) is 0 Å². The minimum atomic E-state index is 0.500. The highest BCUT2D eigenvalue weighted by atomic mass is 16.5. The second-order valence-corrected chi connectivity index (χ2v) is 6.45. The largest absolute Gasteiger partial charge is 0.497 e. The van der Waals surface area contributed by atoms with Crippen molar-refractivity contribution in [1.29, 1.82) is 0 Å². The Morgan fingerprint density at radius 2 is 1.40 bits per heavy atom. The third-order valence-corrected chi connectivity index (χ3v) is 4.70. The van der Waals surface area contributed by atoms with Gasteiger partial charge in [-0.15, -0.1) is 0 Å². The summed E-state index contributed by atoms with van der Waals surface area (Å²) in [4.78, 5) is 6.40. The van der Waals surface area contributed by atoms with E-state index in [2.05, 4.69) is 10.3 Å². The molecule has 8 nitrogen and oxygen atoms in total. The molecule has 30 heavy (non-hydrogen) atoms. The average molecular weight is 418 g/mol. The normalized spacial score (nSPS) is 11.0. The second-order valence-electron chi connectivity index (χ2n) is 6.45. The first-order valence-electron chi connectivity index (χ1n) is 9.42. The SMILES string of the molecule is CN=C(NCc1cc(OC)c(OC)cc1OC)N(C)Cc1ccc(OC)cc1OC. The molecular weight excluding hydrogens is 386 g/mol. The number of hydrogen-bond acceptors (Lipinski definition) is 6. The van der Waals surface area contributed by atoms with Gasteiger partial charge in [0.25, 0.3) is 0 Å². The van der Waals surface area contributed by atoms with E-state index in [0.717, 1.165) is 28.6 Å². The minimum Gasteiger partial charge on any atom is -0.497 e. The molecule has 2 aromatic carbocycles. The van der Waals surface area contributed by atoms with Crippen LogP contribution in [0.5, 0.6) is 28.7 Å². The maximum atomic E-state index is 5.50. The Morgan fingerprint density at radius 3 is 1.97 bits per heavy atom. The van der Waals surface area contributed by atoms with Crippen LogP contribution in [0.2, 0.25) is 0 Å². The zero-order valence-electron chi connectivity index (χ0n) is 18.7. The zero-order valence-corrected chi connectivity index (χ0v) is 18.7. The van der Waals surface area contributed by atoms with E-state index >= 15 is 0 Å². The van der Waals surface area contributed by atoms with Crippen molar-refractivity contribution in [3.05, 3.63) is 41.5 Å². The van der Waals surface area contributed by atoms with Crippen molar-refractivity contribution >= 4 is 5.96 Å². The van der Waals surface area contributed by atoms with Crippen LogP contribution in [-0.4, -0.2) is 60.5 Å². The lowest BCUT2D eigenvalue weighted by molar-refractivity contribution is 0.347.